The number of phenols is 1. The third kappa shape index (κ3) is 3.35. The maximum atomic E-state index is 11.8. The summed E-state index contributed by atoms with van der Waals surface area (Å²) in [7, 11) is 0. The van der Waals surface area contributed by atoms with Gasteiger partial charge in [0.05, 0.1) is 15.1 Å². The van der Waals surface area contributed by atoms with Crippen molar-refractivity contribution in [2.45, 2.75) is 0 Å². The van der Waals surface area contributed by atoms with E-state index < -0.39 is 11.0 Å². The van der Waals surface area contributed by atoms with Gasteiger partial charge in [-0.3, -0.25) is 15.4 Å². The molecule has 0 aliphatic heterocycles. The van der Waals surface area contributed by atoms with E-state index in [1.165, 1.54) is 41.7 Å². The Balaban J connectivity index is 1.69. The summed E-state index contributed by atoms with van der Waals surface area (Å²) in [4.78, 5) is 26.0. The third-order valence-electron chi connectivity index (χ3n) is 2.84. The molecular weight excluding hydrogens is 322 g/mol. The fourth-order valence-electron chi connectivity index (χ4n) is 1.82. The Hall–Kier alpha value is -3.20. The molecule has 0 atom stereocenters. The molecule has 1 aromatic heterocycles. The number of phenolic OH excluding ortho intramolecular Hbond substituents is 1. The summed E-state index contributed by atoms with van der Waals surface area (Å²) in [6, 6.07) is 9.81. The summed E-state index contributed by atoms with van der Waals surface area (Å²) in [6.45, 7) is 0. The molecule has 2 aromatic carbocycles. The van der Waals surface area contributed by atoms with E-state index in [0.717, 1.165) is 4.70 Å². The second-order valence-electron chi connectivity index (χ2n) is 4.44. The first-order chi connectivity index (χ1) is 11.0. The molecule has 3 rings (SSSR count). The van der Waals surface area contributed by atoms with E-state index in [-0.39, 0.29) is 17.2 Å². The molecule has 0 fully saturated rings. The van der Waals surface area contributed by atoms with E-state index >= 15 is 0 Å². The lowest BCUT2D eigenvalue weighted by molar-refractivity contribution is -0.384. The zero-order chi connectivity index (χ0) is 16.4. The fourth-order valence-corrected chi connectivity index (χ4v) is 2.71. The van der Waals surface area contributed by atoms with Gasteiger partial charge < -0.3 is 9.84 Å². The SMILES string of the molecule is O=C(Nc1nc2ccc(O)cc2s1)Oc1ccc([N+](=O)[O-])cc1. The average molecular weight is 331 g/mol. The first-order valence-corrected chi connectivity index (χ1v) is 7.16. The Morgan fingerprint density at radius 2 is 2.00 bits per heavy atom. The summed E-state index contributed by atoms with van der Waals surface area (Å²) in [5, 5.41) is 22.7. The van der Waals surface area contributed by atoms with Crippen LogP contribution >= 0.6 is 11.3 Å². The highest BCUT2D eigenvalue weighted by atomic mass is 32.1. The van der Waals surface area contributed by atoms with Gasteiger partial charge in [-0.15, -0.1) is 0 Å². The number of anilines is 1. The Morgan fingerprint density at radius 1 is 1.26 bits per heavy atom. The summed E-state index contributed by atoms with van der Waals surface area (Å²) in [5.74, 6) is 0.285. The highest BCUT2D eigenvalue weighted by Crippen LogP contribution is 2.29. The maximum Gasteiger partial charge on any atom is 0.418 e. The van der Waals surface area contributed by atoms with Crippen molar-refractivity contribution in [3.05, 3.63) is 52.6 Å². The number of carbonyl (C=O) groups is 1. The van der Waals surface area contributed by atoms with Crippen molar-refractivity contribution in [3.8, 4) is 11.5 Å². The number of non-ortho nitro benzene ring substituents is 1. The van der Waals surface area contributed by atoms with E-state index in [0.29, 0.717) is 10.6 Å². The number of hydrogen-bond donors (Lipinski definition) is 2. The molecule has 1 amide bonds. The predicted molar refractivity (Wildman–Crippen MR) is 84.0 cm³/mol. The van der Waals surface area contributed by atoms with Gasteiger partial charge in [0.25, 0.3) is 5.69 Å². The van der Waals surface area contributed by atoms with Crippen LogP contribution in [0.5, 0.6) is 11.5 Å². The van der Waals surface area contributed by atoms with Gasteiger partial charge in [0.2, 0.25) is 0 Å². The normalized spacial score (nSPS) is 10.4. The number of aromatic nitrogens is 1. The minimum Gasteiger partial charge on any atom is -0.508 e. The van der Waals surface area contributed by atoms with E-state index in [1.807, 2.05) is 0 Å². The number of rotatable bonds is 3. The minimum absolute atomic E-state index is 0.0938. The molecule has 0 radical (unpaired) electrons. The molecule has 23 heavy (non-hydrogen) atoms. The second-order valence-corrected chi connectivity index (χ2v) is 5.47. The smallest absolute Gasteiger partial charge is 0.418 e. The van der Waals surface area contributed by atoms with Crippen LogP contribution in [-0.2, 0) is 0 Å². The highest BCUT2D eigenvalue weighted by Gasteiger charge is 2.11. The molecule has 2 N–H and O–H groups in total. The van der Waals surface area contributed by atoms with Gasteiger partial charge in [-0.25, -0.2) is 9.78 Å². The van der Waals surface area contributed by atoms with Crippen LogP contribution in [0.25, 0.3) is 10.2 Å². The summed E-state index contributed by atoms with van der Waals surface area (Å²) in [5.41, 5.74) is 0.544. The molecule has 3 aromatic rings. The topological polar surface area (TPSA) is 115 Å². The molecule has 0 aliphatic rings. The number of nitrogens with one attached hydrogen (secondary N) is 1. The number of amides is 1. The Bertz CT molecular complexity index is 891. The number of nitrogens with zero attached hydrogens (tertiary/aromatic N) is 2. The standard InChI is InChI=1S/C14H9N3O5S/c18-9-3-6-11-12(7-9)23-13(15-11)16-14(19)22-10-4-1-8(2-5-10)17(20)21/h1-7,18H,(H,15,16,19). The van der Waals surface area contributed by atoms with Crippen molar-refractivity contribution >= 4 is 38.5 Å². The Kier molecular flexibility index (Phi) is 3.77. The third-order valence-corrected chi connectivity index (χ3v) is 3.77. The van der Waals surface area contributed by atoms with Crippen molar-refractivity contribution in [1.29, 1.82) is 0 Å². The molecule has 0 spiro atoms. The van der Waals surface area contributed by atoms with Gasteiger partial charge in [0.1, 0.15) is 11.5 Å². The van der Waals surface area contributed by atoms with Gasteiger partial charge in [-0.2, -0.15) is 0 Å². The van der Waals surface area contributed by atoms with Gasteiger partial charge in [0.15, 0.2) is 5.13 Å². The van der Waals surface area contributed by atoms with Crippen molar-refractivity contribution < 1.29 is 19.6 Å². The largest absolute Gasteiger partial charge is 0.508 e. The van der Waals surface area contributed by atoms with Crippen LogP contribution in [0.4, 0.5) is 15.6 Å². The molecule has 0 saturated heterocycles. The van der Waals surface area contributed by atoms with Crippen LogP contribution in [0.15, 0.2) is 42.5 Å². The molecule has 9 heteroatoms. The number of ether oxygens (including phenoxy) is 1. The number of nitro groups is 1. The first kappa shape index (κ1) is 14.7. The van der Waals surface area contributed by atoms with Crippen LogP contribution in [-0.4, -0.2) is 21.1 Å². The van der Waals surface area contributed by atoms with Crippen molar-refractivity contribution in [2.75, 3.05) is 5.32 Å². The van der Waals surface area contributed by atoms with E-state index in [1.54, 1.807) is 12.1 Å². The molecule has 0 aliphatic carbocycles. The zero-order valence-corrected chi connectivity index (χ0v) is 12.2. The molecule has 0 unspecified atom stereocenters. The highest BCUT2D eigenvalue weighted by molar-refractivity contribution is 7.22. The number of thiazole rings is 1. The van der Waals surface area contributed by atoms with Gasteiger partial charge >= 0.3 is 6.09 Å². The van der Waals surface area contributed by atoms with Gasteiger partial charge in [0, 0.05) is 12.1 Å². The van der Waals surface area contributed by atoms with Crippen LogP contribution in [0.1, 0.15) is 0 Å². The maximum absolute atomic E-state index is 11.8. The van der Waals surface area contributed by atoms with Crippen molar-refractivity contribution in [3.63, 3.8) is 0 Å². The van der Waals surface area contributed by atoms with Crippen molar-refractivity contribution in [1.82, 2.24) is 4.98 Å². The van der Waals surface area contributed by atoms with Crippen LogP contribution in [0.3, 0.4) is 0 Å². The first-order valence-electron chi connectivity index (χ1n) is 6.34. The van der Waals surface area contributed by atoms with Gasteiger partial charge in [-0.1, -0.05) is 11.3 Å². The molecule has 0 bridgehead atoms. The number of fused-ring (bicyclic) bond motifs is 1. The molecule has 8 nitrogen and oxygen atoms in total. The summed E-state index contributed by atoms with van der Waals surface area (Å²) in [6.07, 6.45) is -0.762. The molecule has 116 valence electrons. The summed E-state index contributed by atoms with van der Waals surface area (Å²) < 4.78 is 5.74. The van der Waals surface area contributed by atoms with Gasteiger partial charge in [-0.05, 0) is 30.3 Å². The monoisotopic (exact) mass is 331 g/mol. The lowest BCUT2D eigenvalue weighted by Gasteiger charge is -2.03. The van der Waals surface area contributed by atoms with Crippen LogP contribution in [0, 0.1) is 10.1 Å². The second kappa shape index (κ2) is 5.89. The van der Waals surface area contributed by atoms with Crippen LogP contribution in [0.2, 0.25) is 0 Å². The van der Waals surface area contributed by atoms with E-state index in [4.69, 9.17) is 4.74 Å². The number of hydrogen-bond acceptors (Lipinski definition) is 7. The van der Waals surface area contributed by atoms with Crippen LogP contribution < -0.4 is 10.1 Å². The number of aromatic hydroxyl groups is 1. The number of carbonyl (C=O) groups excluding carboxylic acids is 1. The lowest BCUT2D eigenvalue weighted by atomic mass is 10.3. The zero-order valence-electron chi connectivity index (χ0n) is 11.4. The van der Waals surface area contributed by atoms with Crippen molar-refractivity contribution in [2.24, 2.45) is 0 Å². The van der Waals surface area contributed by atoms with E-state index in [9.17, 15) is 20.0 Å². The predicted octanol–water partition coefficient (Wildman–Crippen LogP) is 3.52. The average Bonchev–Trinajstić information content (AvgIpc) is 2.88. The summed E-state index contributed by atoms with van der Waals surface area (Å²) >= 11 is 1.18. The number of nitro benzene ring substituents is 1. The Labute approximate surface area is 133 Å². The molecule has 0 saturated carbocycles. The fraction of sp³-hybridized carbons (Fsp3) is 0. The van der Waals surface area contributed by atoms with E-state index in [2.05, 4.69) is 10.3 Å². The quantitative estimate of drug-likeness (QED) is 0.560. The molecular formula is C14H9N3O5S. The Morgan fingerprint density at radius 3 is 2.70 bits per heavy atom. The minimum atomic E-state index is -0.762. The molecule has 1 heterocycles. The lowest BCUT2D eigenvalue weighted by Crippen LogP contribution is -2.16. The number of benzene rings is 2.